The number of primary amides is 1. The third kappa shape index (κ3) is 3.42. The van der Waals surface area contributed by atoms with Crippen molar-refractivity contribution in [3.8, 4) is 0 Å². The van der Waals surface area contributed by atoms with Gasteiger partial charge in [0.2, 0.25) is 0 Å². The number of esters is 1. The predicted octanol–water partition coefficient (Wildman–Crippen LogP) is -0.933. The van der Waals surface area contributed by atoms with E-state index in [2.05, 4.69) is 10.5 Å². The molecule has 1 amide bonds. The standard InChI is InChI=1S/C3H5NO3.ClH/c1-7-3(6)2(4)5;/h1H3,(H2,4,5);1H. The highest BCUT2D eigenvalue weighted by Gasteiger charge is 2.04. The molecule has 0 aliphatic rings. The van der Waals surface area contributed by atoms with Crippen molar-refractivity contribution in [2.75, 3.05) is 7.11 Å². The molecule has 0 aliphatic heterocycles. The highest BCUT2D eigenvalue weighted by atomic mass is 35.5. The van der Waals surface area contributed by atoms with E-state index in [1.165, 1.54) is 0 Å². The van der Waals surface area contributed by atoms with Crippen molar-refractivity contribution in [2.24, 2.45) is 5.73 Å². The number of carbonyl (C=O) groups excluding carboxylic acids is 2. The van der Waals surface area contributed by atoms with Crippen LogP contribution in [0, 0.1) is 0 Å². The SMILES string of the molecule is COC(=O)C(N)=O.Cl. The van der Waals surface area contributed by atoms with E-state index in [-0.39, 0.29) is 12.4 Å². The Morgan fingerprint density at radius 2 is 1.88 bits per heavy atom. The number of carbonyl (C=O) groups is 2. The van der Waals surface area contributed by atoms with Crippen LogP contribution < -0.4 is 5.73 Å². The van der Waals surface area contributed by atoms with Crippen molar-refractivity contribution in [2.45, 2.75) is 0 Å². The Morgan fingerprint density at radius 1 is 1.50 bits per heavy atom. The highest BCUT2D eigenvalue weighted by molar-refractivity contribution is 6.31. The first-order valence-electron chi connectivity index (χ1n) is 1.56. The fraction of sp³-hybridized carbons (Fsp3) is 0.333. The summed E-state index contributed by atoms with van der Waals surface area (Å²) in [6.45, 7) is 0. The Hall–Kier alpha value is -0.770. The summed E-state index contributed by atoms with van der Waals surface area (Å²) < 4.78 is 3.90. The maximum atomic E-state index is 9.81. The van der Waals surface area contributed by atoms with Crippen LogP contribution in [0.3, 0.4) is 0 Å². The van der Waals surface area contributed by atoms with E-state index in [4.69, 9.17) is 0 Å². The number of ether oxygens (including phenoxy) is 1. The lowest BCUT2D eigenvalue weighted by molar-refractivity contribution is -0.151. The summed E-state index contributed by atoms with van der Waals surface area (Å²) in [5.74, 6) is -2.08. The largest absolute Gasteiger partial charge is 0.462 e. The number of halogens is 1. The van der Waals surface area contributed by atoms with E-state index in [0.717, 1.165) is 7.11 Å². The van der Waals surface area contributed by atoms with Gasteiger partial charge in [-0.3, -0.25) is 4.79 Å². The van der Waals surface area contributed by atoms with Crippen LogP contribution in [0.4, 0.5) is 0 Å². The number of hydrogen-bond acceptors (Lipinski definition) is 3. The summed E-state index contributed by atoms with van der Waals surface area (Å²) in [5.41, 5.74) is 4.43. The molecule has 2 N–H and O–H groups in total. The molecule has 0 rings (SSSR count). The monoisotopic (exact) mass is 139 g/mol. The molecule has 5 heteroatoms. The predicted molar refractivity (Wildman–Crippen MR) is 28.5 cm³/mol. The molecule has 0 aromatic carbocycles. The van der Waals surface area contributed by atoms with Crippen molar-refractivity contribution in [3.05, 3.63) is 0 Å². The Labute approximate surface area is 52.4 Å². The Morgan fingerprint density at radius 3 is 1.88 bits per heavy atom. The minimum atomic E-state index is -1.07. The Kier molecular flexibility index (Phi) is 5.63. The molecule has 4 nitrogen and oxygen atoms in total. The lowest BCUT2D eigenvalue weighted by Crippen LogP contribution is -2.23. The van der Waals surface area contributed by atoms with Gasteiger partial charge in [0, 0.05) is 0 Å². The van der Waals surface area contributed by atoms with Gasteiger partial charge < -0.3 is 10.5 Å². The van der Waals surface area contributed by atoms with E-state index in [1.54, 1.807) is 0 Å². The van der Waals surface area contributed by atoms with Crippen molar-refractivity contribution in [1.29, 1.82) is 0 Å². The molecule has 0 atom stereocenters. The van der Waals surface area contributed by atoms with Gasteiger partial charge in [-0.25, -0.2) is 4.79 Å². The summed E-state index contributed by atoms with van der Waals surface area (Å²) in [7, 11) is 1.09. The van der Waals surface area contributed by atoms with Gasteiger partial charge in [0.05, 0.1) is 7.11 Å². The average molecular weight is 140 g/mol. The van der Waals surface area contributed by atoms with Crippen LogP contribution in [-0.4, -0.2) is 19.0 Å². The molecule has 0 radical (unpaired) electrons. The van der Waals surface area contributed by atoms with E-state index in [0.29, 0.717) is 0 Å². The Balaban J connectivity index is 0. The van der Waals surface area contributed by atoms with Gasteiger partial charge in [-0.15, -0.1) is 12.4 Å². The van der Waals surface area contributed by atoms with Gasteiger partial charge in [0.25, 0.3) is 0 Å². The van der Waals surface area contributed by atoms with Gasteiger partial charge in [0.1, 0.15) is 0 Å². The molecule has 0 heterocycles. The van der Waals surface area contributed by atoms with Crippen LogP contribution in [-0.2, 0) is 14.3 Å². The summed E-state index contributed by atoms with van der Waals surface area (Å²) in [6.07, 6.45) is 0. The first-order valence-corrected chi connectivity index (χ1v) is 1.56. The van der Waals surface area contributed by atoms with Gasteiger partial charge in [-0.1, -0.05) is 0 Å². The summed E-state index contributed by atoms with van der Waals surface area (Å²) in [5, 5.41) is 0. The Bertz CT molecular complexity index is 103. The first kappa shape index (κ1) is 10.3. The fourth-order valence-corrected chi connectivity index (χ4v) is 0.101. The smallest absolute Gasteiger partial charge is 0.396 e. The summed E-state index contributed by atoms with van der Waals surface area (Å²) in [4.78, 5) is 19.5. The van der Waals surface area contributed by atoms with Crippen molar-refractivity contribution in [1.82, 2.24) is 0 Å². The molecule has 0 aromatic rings. The van der Waals surface area contributed by atoms with E-state index < -0.39 is 11.9 Å². The molecule has 0 spiro atoms. The van der Waals surface area contributed by atoms with Crippen LogP contribution in [0.25, 0.3) is 0 Å². The van der Waals surface area contributed by atoms with Crippen LogP contribution in [0.1, 0.15) is 0 Å². The molecule has 0 saturated heterocycles. The zero-order valence-electron chi connectivity index (χ0n) is 4.21. The van der Waals surface area contributed by atoms with Crippen molar-refractivity contribution in [3.63, 3.8) is 0 Å². The van der Waals surface area contributed by atoms with Gasteiger partial charge in [-0.2, -0.15) is 0 Å². The summed E-state index contributed by atoms with van der Waals surface area (Å²) in [6, 6.07) is 0. The molecule has 8 heavy (non-hydrogen) atoms. The van der Waals surface area contributed by atoms with E-state index >= 15 is 0 Å². The lowest BCUT2D eigenvalue weighted by atomic mass is 10.7. The third-order valence-corrected chi connectivity index (χ3v) is 0.387. The third-order valence-electron chi connectivity index (χ3n) is 0.387. The second-order valence-electron chi connectivity index (χ2n) is 0.856. The molecule has 0 aliphatic carbocycles. The zero-order valence-corrected chi connectivity index (χ0v) is 5.03. The topological polar surface area (TPSA) is 69.4 Å². The quantitative estimate of drug-likeness (QED) is 0.348. The molecular weight excluding hydrogens is 133 g/mol. The average Bonchev–Trinajstić information content (AvgIpc) is 1.65. The maximum absolute atomic E-state index is 9.81. The highest BCUT2D eigenvalue weighted by Crippen LogP contribution is 1.65. The fourth-order valence-electron chi connectivity index (χ4n) is 0.101. The molecule has 0 aromatic heterocycles. The zero-order chi connectivity index (χ0) is 5.86. The molecular formula is C3H6ClNO3. The number of methoxy groups -OCH3 is 1. The number of nitrogens with two attached hydrogens (primary N) is 1. The molecule has 48 valence electrons. The first-order chi connectivity index (χ1) is 3.18. The molecule has 0 unspecified atom stereocenters. The maximum Gasteiger partial charge on any atom is 0.396 e. The molecule has 0 fully saturated rings. The number of hydrogen-bond donors (Lipinski definition) is 1. The van der Waals surface area contributed by atoms with Gasteiger partial charge >= 0.3 is 11.9 Å². The van der Waals surface area contributed by atoms with Gasteiger partial charge in [0.15, 0.2) is 0 Å². The van der Waals surface area contributed by atoms with E-state index in [1.807, 2.05) is 0 Å². The van der Waals surface area contributed by atoms with Crippen molar-refractivity contribution >= 4 is 24.3 Å². The van der Waals surface area contributed by atoms with Gasteiger partial charge in [-0.05, 0) is 0 Å². The van der Waals surface area contributed by atoms with Crippen LogP contribution in [0.15, 0.2) is 0 Å². The van der Waals surface area contributed by atoms with Crippen molar-refractivity contribution < 1.29 is 14.3 Å². The van der Waals surface area contributed by atoms with E-state index in [9.17, 15) is 9.59 Å². The minimum Gasteiger partial charge on any atom is -0.462 e. The number of amides is 1. The second-order valence-corrected chi connectivity index (χ2v) is 0.856. The normalized spacial score (nSPS) is 6.62. The van der Waals surface area contributed by atoms with Crippen LogP contribution >= 0.6 is 12.4 Å². The minimum absolute atomic E-state index is 0. The summed E-state index contributed by atoms with van der Waals surface area (Å²) >= 11 is 0. The second kappa shape index (κ2) is 4.39. The molecule has 0 bridgehead atoms. The molecule has 0 saturated carbocycles. The number of rotatable bonds is 0. The lowest BCUT2D eigenvalue weighted by Gasteiger charge is -1.86. The van der Waals surface area contributed by atoms with Crippen LogP contribution in [0.2, 0.25) is 0 Å². The van der Waals surface area contributed by atoms with Crippen LogP contribution in [0.5, 0.6) is 0 Å².